The predicted octanol–water partition coefficient (Wildman–Crippen LogP) is 1.79. The first-order chi connectivity index (χ1) is 8.63. The fourth-order valence-electron chi connectivity index (χ4n) is 1.42. The summed E-state index contributed by atoms with van der Waals surface area (Å²) in [5.41, 5.74) is -6.53. The van der Waals surface area contributed by atoms with Crippen molar-refractivity contribution in [1.82, 2.24) is 0 Å². The van der Waals surface area contributed by atoms with Gasteiger partial charge in [0.1, 0.15) is 16.2 Å². The molecule has 0 radical (unpaired) electrons. The minimum atomic E-state index is -5.68. The van der Waals surface area contributed by atoms with Crippen molar-refractivity contribution in [2.45, 2.75) is 10.4 Å². The molecular formula is C10H5F3O5S. The second-order valence-electron chi connectivity index (χ2n) is 3.56. The van der Waals surface area contributed by atoms with E-state index in [2.05, 4.69) is 4.42 Å². The molecule has 9 heteroatoms. The molecule has 0 aliphatic heterocycles. The van der Waals surface area contributed by atoms with E-state index in [1.165, 1.54) is 0 Å². The molecule has 0 unspecified atom stereocenters. The molecule has 2 rings (SSSR count). The minimum absolute atomic E-state index is 0.0553. The van der Waals surface area contributed by atoms with Crippen molar-refractivity contribution in [3.8, 4) is 5.75 Å². The monoisotopic (exact) mass is 294 g/mol. The van der Waals surface area contributed by atoms with Gasteiger partial charge in [-0.25, -0.2) is 13.2 Å². The highest BCUT2D eigenvalue weighted by molar-refractivity contribution is 7.92. The summed E-state index contributed by atoms with van der Waals surface area (Å²) in [6.07, 6.45) is 0. The molecule has 0 spiro atoms. The van der Waals surface area contributed by atoms with Crippen LogP contribution in [0.4, 0.5) is 13.2 Å². The smallest absolute Gasteiger partial charge is 0.502 e. The molecule has 0 amide bonds. The first-order valence-electron chi connectivity index (χ1n) is 4.71. The van der Waals surface area contributed by atoms with Crippen molar-refractivity contribution in [2.75, 3.05) is 0 Å². The summed E-state index contributed by atoms with van der Waals surface area (Å²) >= 11 is 0. The number of fused-ring (bicyclic) bond motifs is 1. The summed E-state index contributed by atoms with van der Waals surface area (Å²) < 4.78 is 64.2. The Morgan fingerprint density at radius 2 is 1.79 bits per heavy atom. The number of hydrogen-bond acceptors (Lipinski definition) is 5. The SMILES string of the molecule is O=c1ccc2cc(S(=O)(=O)C(F)(F)F)c(O)cc2o1. The Kier molecular flexibility index (Phi) is 2.81. The van der Waals surface area contributed by atoms with E-state index in [0.717, 1.165) is 12.1 Å². The maximum atomic E-state index is 12.4. The Morgan fingerprint density at radius 1 is 1.16 bits per heavy atom. The van der Waals surface area contributed by atoms with E-state index in [1.807, 2.05) is 0 Å². The van der Waals surface area contributed by atoms with Crippen LogP contribution in [0.2, 0.25) is 0 Å². The first-order valence-corrected chi connectivity index (χ1v) is 6.19. The average molecular weight is 294 g/mol. The van der Waals surface area contributed by atoms with Crippen LogP contribution < -0.4 is 5.63 Å². The Bertz CT molecular complexity index is 804. The van der Waals surface area contributed by atoms with Gasteiger partial charge in [0.25, 0.3) is 9.84 Å². The maximum Gasteiger partial charge on any atom is 0.502 e. The van der Waals surface area contributed by atoms with Crippen LogP contribution >= 0.6 is 0 Å². The van der Waals surface area contributed by atoms with Gasteiger partial charge < -0.3 is 9.52 Å². The molecule has 1 aromatic heterocycles. The quantitative estimate of drug-likeness (QED) is 0.810. The van der Waals surface area contributed by atoms with Crippen molar-refractivity contribution in [3.63, 3.8) is 0 Å². The summed E-state index contributed by atoms with van der Waals surface area (Å²) in [6.45, 7) is 0. The third kappa shape index (κ3) is 2.16. The maximum absolute atomic E-state index is 12.4. The van der Waals surface area contributed by atoms with E-state index in [9.17, 15) is 31.5 Å². The lowest BCUT2D eigenvalue weighted by Gasteiger charge is -2.10. The number of rotatable bonds is 1. The van der Waals surface area contributed by atoms with E-state index in [-0.39, 0.29) is 11.0 Å². The number of aromatic hydroxyl groups is 1. The predicted molar refractivity (Wildman–Crippen MR) is 57.4 cm³/mol. The summed E-state index contributed by atoms with van der Waals surface area (Å²) in [5, 5.41) is 9.30. The van der Waals surface area contributed by atoms with Gasteiger partial charge in [-0.1, -0.05) is 0 Å². The van der Waals surface area contributed by atoms with Crippen LogP contribution in [-0.4, -0.2) is 19.0 Å². The zero-order valence-corrected chi connectivity index (χ0v) is 9.75. The molecule has 0 bridgehead atoms. The molecule has 2 aromatic rings. The molecule has 1 N–H and O–H groups in total. The Hall–Kier alpha value is -2.03. The van der Waals surface area contributed by atoms with Gasteiger partial charge in [-0.15, -0.1) is 0 Å². The van der Waals surface area contributed by atoms with Gasteiger partial charge in [-0.3, -0.25) is 0 Å². The van der Waals surface area contributed by atoms with Crippen LogP contribution in [-0.2, 0) is 9.84 Å². The highest BCUT2D eigenvalue weighted by Crippen LogP contribution is 2.36. The first kappa shape index (κ1) is 13.4. The van der Waals surface area contributed by atoms with Gasteiger partial charge >= 0.3 is 11.1 Å². The molecule has 5 nitrogen and oxygen atoms in total. The van der Waals surface area contributed by atoms with Crippen LogP contribution in [0.25, 0.3) is 11.0 Å². The van der Waals surface area contributed by atoms with Crippen LogP contribution in [0.5, 0.6) is 5.75 Å². The lowest BCUT2D eigenvalue weighted by Crippen LogP contribution is -2.23. The Morgan fingerprint density at radius 3 is 2.37 bits per heavy atom. The number of phenols is 1. The lowest BCUT2D eigenvalue weighted by molar-refractivity contribution is -0.0437. The molecule has 0 aliphatic carbocycles. The van der Waals surface area contributed by atoms with Gasteiger partial charge in [0.05, 0.1) is 0 Å². The third-order valence-electron chi connectivity index (χ3n) is 2.30. The van der Waals surface area contributed by atoms with Gasteiger partial charge in [-0.05, 0) is 12.1 Å². The Balaban J connectivity index is 2.80. The molecule has 0 aliphatic rings. The molecule has 1 heterocycles. The molecular weight excluding hydrogens is 289 g/mol. The number of halogens is 3. The third-order valence-corrected chi connectivity index (χ3v) is 3.81. The second-order valence-corrected chi connectivity index (χ2v) is 5.47. The van der Waals surface area contributed by atoms with E-state index in [1.54, 1.807) is 0 Å². The van der Waals surface area contributed by atoms with Gasteiger partial charge in [0, 0.05) is 17.5 Å². The largest absolute Gasteiger partial charge is 0.506 e. The fourth-order valence-corrected chi connectivity index (χ4v) is 2.29. The molecule has 1 aromatic carbocycles. The number of hydrogen-bond donors (Lipinski definition) is 1. The van der Waals surface area contributed by atoms with E-state index in [0.29, 0.717) is 12.1 Å². The summed E-state index contributed by atoms with van der Waals surface area (Å²) in [5.74, 6) is -1.14. The summed E-state index contributed by atoms with van der Waals surface area (Å²) in [4.78, 5) is 9.60. The van der Waals surface area contributed by atoms with Gasteiger partial charge in [-0.2, -0.15) is 13.2 Å². The summed E-state index contributed by atoms with van der Waals surface area (Å²) in [7, 11) is -5.68. The Labute approximate surface area is 103 Å². The highest BCUT2D eigenvalue weighted by atomic mass is 32.2. The molecule has 0 saturated heterocycles. The van der Waals surface area contributed by atoms with Crippen molar-refractivity contribution < 1.29 is 31.1 Å². The summed E-state index contributed by atoms with van der Waals surface area (Å²) in [6, 6.07) is 3.26. The van der Waals surface area contributed by atoms with Crippen molar-refractivity contribution >= 4 is 20.8 Å². The number of alkyl halides is 3. The molecule has 0 fully saturated rings. The lowest BCUT2D eigenvalue weighted by atomic mass is 10.2. The standard InChI is InChI=1S/C10H5F3O5S/c11-10(12,13)19(16,17)8-3-5-1-2-9(15)18-7(5)4-6(8)14/h1-4,14H. The number of sulfone groups is 1. The van der Waals surface area contributed by atoms with Crippen LogP contribution in [0.3, 0.4) is 0 Å². The molecule has 19 heavy (non-hydrogen) atoms. The second kappa shape index (κ2) is 3.98. The van der Waals surface area contributed by atoms with Crippen molar-refractivity contribution in [1.29, 1.82) is 0 Å². The zero-order valence-electron chi connectivity index (χ0n) is 8.93. The van der Waals surface area contributed by atoms with Crippen LogP contribution in [0.1, 0.15) is 0 Å². The molecule has 0 saturated carbocycles. The molecule has 102 valence electrons. The number of phenolic OH excluding ortho intramolecular Hbond substituents is 1. The van der Waals surface area contributed by atoms with E-state index in [4.69, 9.17) is 0 Å². The van der Waals surface area contributed by atoms with Crippen molar-refractivity contribution in [2.24, 2.45) is 0 Å². The highest BCUT2D eigenvalue weighted by Gasteiger charge is 2.48. The van der Waals surface area contributed by atoms with Gasteiger partial charge in [0.15, 0.2) is 0 Å². The average Bonchev–Trinajstić information content (AvgIpc) is 2.26. The van der Waals surface area contributed by atoms with E-state index < -0.39 is 31.6 Å². The van der Waals surface area contributed by atoms with Crippen molar-refractivity contribution in [3.05, 3.63) is 34.7 Å². The van der Waals surface area contributed by atoms with Crippen LogP contribution in [0.15, 0.2) is 38.4 Å². The molecule has 0 atom stereocenters. The number of benzene rings is 1. The van der Waals surface area contributed by atoms with Gasteiger partial charge in [0.2, 0.25) is 0 Å². The fraction of sp³-hybridized carbons (Fsp3) is 0.100. The minimum Gasteiger partial charge on any atom is -0.506 e. The zero-order chi connectivity index (χ0) is 14.4. The van der Waals surface area contributed by atoms with E-state index >= 15 is 0 Å². The normalized spacial score (nSPS) is 12.8. The topological polar surface area (TPSA) is 84.6 Å². The van der Waals surface area contributed by atoms with Crippen LogP contribution in [0, 0.1) is 0 Å².